The second kappa shape index (κ2) is 11.0. The molecule has 0 saturated heterocycles. The van der Waals surface area contributed by atoms with Crippen LogP contribution in [0.15, 0.2) is 53.5 Å². The van der Waals surface area contributed by atoms with Gasteiger partial charge in [0.15, 0.2) is 17.5 Å². The molecule has 0 aliphatic heterocycles. The first kappa shape index (κ1) is 19.6. The average molecular weight is 355 g/mol. The van der Waals surface area contributed by atoms with Crippen LogP contribution in [0.1, 0.15) is 18.1 Å². The molecular formula is C21H29N3O2. The van der Waals surface area contributed by atoms with E-state index in [1.165, 1.54) is 11.1 Å². The van der Waals surface area contributed by atoms with Crippen LogP contribution in [0.2, 0.25) is 0 Å². The average Bonchev–Trinajstić information content (AvgIpc) is 2.68. The topological polar surface area (TPSA) is 54.9 Å². The van der Waals surface area contributed by atoms with Gasteiger partial charge >= 0.3 is 0 Å². The van der Waals surface area contributed by atoms with Gasteiger partial charge in [-0.2, -0.15) is 0 Å². The lowest BCUT2D eigenvalue weighted by molar-refractivity contribution is 0.354. The van der Waals surface area contributed by atoms with Crippen molar-refractivity contribution >= 4 is 5.96 Å². The molecule has 2 rings (SSSR count). The zero-order valence-corrected chi connectivity index (χ0v) is 15.9. The number of aliphatic imine (C=N–C) groups is 1. The van der Waals surface area contributed by atoms with Crippen LogP contribution in [-0.2, 0) is 12.8 Å². The number of methoxy groups -OCH3 is 2. The minimum Gasteiger partial charge on any atom is -0.493 e. The van der Waals surface area contributed by atoms with Gasteiger partial charge in [-0.15, -0.1) is 0 Å². The largest absolute Gasteiger partial charge is 0.493 e. The highest BCUT2D eigenvalue weighted by atomic mass is 16.5. The fourth-order valence-corrected chi connectivity index (χ4v) is 2.64. The molecule has 2 aromatic rings. The Morgan fingerprint density at radius 1 is 0.885 bits per heavy atom. The van der Waals surface area contributed by atoms with E-state index in [-0.39, 0.29) is 0 Å². The van der Waals surface area contributed by atoms with E-state index < -0.39 is 0 Å². The van der Waals surface area contributed by atoms with Crippen LogP contribution in [0.25, 0.3) is 0 Å². The molecule has 0 spiro atoms. The Morgan fingerprint density at radius 3 is 2.35 bits per heavy atom. The van der Waals surface area contributed by atoms with Crippen molar-refractivity contribution in [2.75, 3.05) is 33.9 Å². The first-order valence-electron chi connectivity index (χ1n) is 9.03. The summed E-state index contributed by atoms with van der Waals surface area (Å²) in [7, 11) is 3.30. The van der Waals surface area contributed by atoms with Crippen molar-refractivity contribution in [3.63, 3.8) is 0 Å². The number of nitrogens with one attached hydrogen (secondary N) is 2. The first-order valence-corrected chi connectivity index (χ1v) is 9.03. The summed E-state index contributed by atoms with van der Waals surface area (Å²) in [6, 6.07) is 16.4. The third kappa shape index (κ3) is 6.31. The summed E-state index contributed by atoms with van der Waals surface area (Å²) >= 11 is 0. The number of benzene rings is 2. The van der Waals surface area contributed by atoms with E-state index in [4.69, 9.17) is 9.47 Å². The van der Waals surface area contributed by atoms with E-state index in [0.29, 0.717) is 0 Å². The van der Waals surface area contributed by atoms with Crippen molar-refractivity contribution in [2.45, 2.75) is 19.8 Å². The van der Waals surface area contributed by atoms with E-state index in [1.54, 1.807) is 14.2 Å². The molecule has 0 saturated carbocycles. The van der Waals surface area contributed by atoms with E-state index in [2.05, 4.69) is 52.9 Å². The summed E-state index contributed by atoms with van der Waals surface area (Å²) in [5, 5.41) is 6.68. The second-order valence-corrected chi connectivity index (χ2v) is 5.86. The third-order valence-corrected chi connectivity index (χ3v) is 4.01. The number of ether oxygens (including phenoxy) is 2. The molecule has 0 fully saturated rings. The molecular weight excluding hydrogens is 326 g/mol. The highest BCUT2D eigenvalue weighted by Gasteiger charge is 2.05. The van der Waals surface area contributed by atoms with E-state index in [0.717, 1.165) is 49.9 Å². The van der Waals surface area contributed by atoms with Crippen LogP contribution in [0.5, 0.6) is 11.5 Å². The van der Waals surface area contributed by atoms with Gasteiger partial charge in [-0.3, -0.25) is 4.99 Å². The van der Waals surface area contributed by atoms with Gasteiger partial charge in [0.2, 0.25) is 0 Å². The van der Waals surface area contributed by atoms with E-state index >= 15 is 0 Å². The molecule has 2 aromatic carbocycles. The number of guanidine groups is 1. The predicted octanol–water partition coefficient (Wildman–Crippen LogP) is 3.04. The van der Waals surface area contributed by atoms with Crippen molar-refractivity contribution in [3.05, 3.63) is 59.7 Å². The Hall–Kier alpha value is -2.69. The molecule has 0 amide bonds. The van der Waals surface area contributed by atoms with Gasteiger partial charge in [0.25, 0.3) is 0 Å². The highest BCUT2D eigenvalue weighted by Crippen LogP contribution is 2.27. The van der Waals surface area contributed by atoms with Crippen LogP contribution in [0, 0.1) is 0 Å². The molecule has 0 unspecified atom stereocenters. The van der Waals surface area contributed by atoms with Crippen LogP contribution < -0.4 is 20.1 Å². The number of hydrogen-bond acceptors (Lipinski definition) is 3. The first-order chi connectivity index (χ1) is 12.8. The zero-order chi connectivity index (χ0) is 18.6. The molecule has 0 radical (unpaired) electrons. The van der Waals surface area contributed by atoms with Gasteiger partial charge in [0.05, 0.1) is 14.2 Å². The van der Waals surface area contributed by atoms with Gasteiger partial charge in [-0.05, 0) is 43.0 Å². The van der Waals surface area contributed by atoms with Gasteiger partial charge < -0.3 is 20.1 Å². The van der Waals surface area contributed by atoms with Gasteiger partial charge in [0, 0.05) is 19.6 Å². The smallest absolute Gasteiger partial charge is 0.191 e. The molecule has 0 aliphatic carbocycles. The number of nitrogens with zero attached hydrogens (tertiary/aromatic N) is 1. The maximum atomic E-state index is 5.36. The molecule has 0 atom stereocenters. The molecule has 2 N–H and O–H groups in total. The lowest BCUT2D eigenvalue weighted by atomic mass is 10.1. The van der Waals surface area contributed by atoms with Crippen molar-refractivity contribution in [2.24, 2.45) is 4.99 Å². The molecule has 140 valence electrons. The monoisotopic (exact) mass is 355 g/mol. The molecule has 5 nitrogen and oxygen atoms in total. The van der Waals surface area contributed by atoms with Gasteiger partial charge in [-0.1, -0.05) is 36.4 Å². The van der Waals surface area contributed by atoms with Crippen LogP contribution >= 0.6 is 0 Å². The molecule has 0 bridgehead atoms. The van der Waals surface area contributed by atoms with E-state index in [9.17, 15) is 0 Å². The summed E-state index contributed by atoms with van der Waals surface area (Å²) in [6.45, 7) is 4.47. The number of hydrogen-bond donors (Lipinski definition) is 2. The van der Waals surface area contributed by atoms with E-state index in [1.807, 2.05) is 18.2 Å². The normalized spacial score (nSPS) is 11.1. The Bertz CT molecular complexity index is 687. The van der Waals surface area contributed by atoms with Crippen molar-refractivity contribution in [3.8, 4) is 11.5 Å². The summed E-state index contributed by atoms with van der Waals surface area (Å²) < 4.78 is 10.6. The molecule has 5 heteroatoms. The summed E-state index contributed by atoms with van der Waals surface area (Å²) in [4.78, 5) is 4.65. The van der Waals surface area contributed by atoms with Gasteiger partial charge in [0.1, 0.15) is 0 Å². The molecule has 0 heterocycles. The van der Waals surface area contributed by atoms with Crippen molar-refractivity contribution < 1.29 is 9.47 Å². The number of rotatable bonds is 9. The van der Waals surface area contributed by atoms with Crippen molar-refractivity contribution in [1.82, 2.24) is 10.6 Å². The molecule has 0 aromatic heterocycles. The maximum Gasteiger partial charge on any atom is 0.191 e. The lowest BCUT2D eigenvalue weighted by Crippen LogP contribution is -2.38. The SMILES string of the molecule is CCNC(=NCCc1ccccc1)NCCc1ccc(OC)c(OC)c1. The zero-order valence-electron chi connectivity index (χ0n) is 15.9. The summed E-state index contributed by atoms with van der Waals surface area (Å²) in [6.07, 6.45) is 1.82. The minimum absolute atomic E-state index is 0.750. The minimum atomic E-state index is 0.750. The standard InChI is InChI=1S/C21H29N3O2/c1-4-22-21(23-14-12-17-8-6-5-7-9-17)24-15-13-18-10-11-19(25-2)20(16-18)26-3/h5-11,16H,4,12-15H2,1-3H3,(H2,22,23,24). The fraction of sp³-hybridized carbons (Fsp3) is 0.381. The Labute approximate surface area is 156 Å². The fourth-order valence-electron chi connectivity index (χ4n) is 2.64. The molecule has 0 aliphatic rings. The summed E-state index contributed by atoms with van der Waals surface area (Å²) in [5.74, 6) is 2.36. The maximum absolute atomic E-state index is 5.36. The highest BCUT2D eigenvalue weighted by molar-refractivity contribution is 5.79. The van der Waals surface area contributed by atoms with Crippen LogP contribution in [-0.4, -0.2) is 39.8 Å². The second-order valence-electron chi connectivity index (χ2n) is 5.86. The molecule has 26 heavy (non-hydrogen) atoms. The Morgan fingerprint density at radius 2 is 1.65 bits per heavy atom. The quantitative estimate of drug-likeness (QED) is 0.536. The van der Waals surface area contributed by atoms with Crippen LogP contribution in [0.4, 0.5) is 0 Å². The van der Waals surface area contributed by atoms with Gasteiger partial charge in [-0.25, -0.2) is 0 Å². The summed E-state index contributed by atoms with van der Waals surface area (Å²) in [5.41, 5.74) is 2.49. The Kier molecular flexibility index (Phi) is 8.33. The van der Waals surface area contributed by atoms with Crippen molar-refractivity contribution in [1.29, 1.82) is 0 Å². The lowest BCUT2D eigenvalue weighted by Gasteiger charge is -2.12. The van der Waals surface area contributed by atoms with Crippen LogP contribution in [0.3, 0.4) is 0 Å². The predicted molar refractivity (Wildman–Crippen MR) is 107 cm³/mol. The Balaban J connectivity index is 1.85. The third-order valence-electron chi connectivity index (χ3n) is 4.01.